The number of para-hydroxylation sites is 2. The van der Waals surface area contributed by atoms with Gasteiger partial charge in [0.25, 0.3) is 0 Å². The fourth-order valence-electron chi connectivity index (χ4n) is 2.25. The standard InChI is InChI=1S/C16H25N3O3/c1-13(2)22-15-6-4-3-5-14(15)18-16(20)17-7-8-19-9-11-21-12-10-19/h3-6,13H,7-12H2,1-2H3,(H2,17,18,20). The highest BCUT2D eigenvalue weighted by Gasteiger charge is 2.11. The van der Waals surface area contributed by atoms with Crippen LogP contribution in [0.3, 0.4) is 0 Å². The molecule has 0 saturated carbocycles. The number of carbonyl (C=O) groups is 1. The molecule has 0 aliphatic carbocycles. The van der Waals surface area contributed by atoms with Crippen LogP contribution in [0, 0.1) is 0 Å². The molecule has 6 heteroatoms. The van der Waals surface area contributed by atoms with Crippen molar-refractivity contribution in [2.45, 2.75) is 20.0 Å². The van der Waals surface area contributed by atoms with E-state index in [1.807, 2.05) is 38.1 Å². The van der Waals surface area contributed by atoms with E-state index in [4.69, 9.17) is 9.47 Å². The maximum Gasteiger partial charge on any atom is 0.319 e. The number of morpholine rings is 1. The molecule has 2 amide bonds. The lowest BCUT2D eigenvalue weighted by molar-refractivity contribution is 0.0388. The zero-order chi connectivity index (χ0) is 15.8. The van der Waals surface area contributed by atoms with Crippen LogP contribution in [0.15, 0.2) is 24.3 Å². The Morgan fingerprint density at radius 1 is 1.32 bits per heavy atom. The number of hydrogen-bond donors (Lipinski definition) is 2. The molecule has 1 aromatic rings. The van der Waals surface area contributed by atoms with Crippen LogP contribution in [0.2, 0.25) is 0 Å². The molecule has 1 aliphatic rings. The molecule has 1 fully saturated rings. The van der Waals surface area contributed by atoms with Crippen LogP contribution in [0.25, 0.3) is 0 Å². The third-order valence-electron chi connectivity index (χ3n) is 3.32. The summed E-state index contributed by atoms with van der Waals surface area (Å²) in [7, 11) is 0. The highest BCUT2D eigenvalue weighted by Crippen LogP contribution is 2.24. The number of urea groups is 1. The zero-order valence-electron chi connectivity index (χ0n) is 13.3. The molecule has 1 aliphatic heterocycles. The normalized spacial score (nSPS) is 15.6. The number of ether oxygens (including phenoxy) is 2. The maximum absolute atomic E-state index is 12.0. The Morgan fingerprint density at radius 2 is 2.05 bits per heavy atom. The monoisotopic (exact) mass is 307 g/mol. The number of benzene rings is 1. The number of amides is 2. The highest BCUT2D eigenvalue weighted by molar-refractivity contribution is 5.90. The van der Waals surface area contributed by atoms with Crippen molar-refractivity contribution in [1.29, 1.82) is 0 Å². The van der Waals surface area contributed by atoms with Gasteiger partial charge in [0, 0.05) is 26.2 Å². The van der Waals surface area contributed by atoms with Crippen molar-refractivity contribution in [1.82, 2.24) is 10.2 Å². The second kappa shape index (κ2) is 8.60. The molecule has 0 unspecified atom stereocenters. The SMILES string of the molecule is CC(C)Oc1ccccc1NC(=O)NCCN1CCOCC1. The van der Waals surface area contributed by atoms with E-state index in [1.165, 1.54) is 0 Å². The average Bonchev–Trinajstić information content (AvgIpc) is 2.50. The van der Waals surface area contributed by atoms with Crippen molar-refractivity contribution in [3.8, 4) is 5.75 Å². The number of carbonyl (C=O) groups excluding carboxylic acids is 1. The topological polar surface area (TPSA) is 62.8 Å². The third kappa shape index (κ3) is 5.54. The Morgan fingerprint density at radius 3 is 2.77 bits per heavy atom. The molecule has 1 saturated heterocycles. The van der Waals surface area contributed by atoms with Gasteiger partial charge in [0.1, 0.15) is 5.75 Å². The lowest BCUT2D eigenvalue weighted by atomic mass is 10.3. The van der Waals surface area contributed by atoms with Gasteiger partial charge < -0.3 is 20.1 Å². The summed E-state index contributed by atoms with van der Waals surface area (Å²) in [5.41, 5.74) is 0.681. The number of hydrogen-bond acceptors (Lipinski definition) is 4. The van der Waals surface area contributed by atoms with E-state index in [1.54, 1.807) is 0 Å². The summed E-state index contributed by atoms with van der Waals surface area (Å²) in [4.78, 5) is 14.2. The van der Waals surface area contributed by atoms with E-state index in [-0.39, 0.29) is 12.1 Å². The first-order valence-electron chi connectivity index (χ1n) is 7.76. The van der Waals surface area contributed by atoms with Gasteiger partial charge in [-0.15, -0.1) is 0 Å². The number of nitrogens with one attached hydrogen (secondary N) is 2. The largest absolute Gasteiger partial charge is 0.489 e. The molecule has 22 heavy (non-hydrogen) atoms. The Hall–Kier alpha value is -1.79. The minimum absolute atomic E-state index is 0.0623. The van der Waals surface area contributed by atoms with Crippen molar-refractivity contribution in [2.75, 3.05) is 44.7 Å². The summed E-state index contributed by atoms with van der Waals surface area (Å²) >= 11 is 0. The Bertz CT molecular complexity index is 473. The van der Waals surface area contributed by atoms with Gasteiger partial charge in [-0.25, -0.2) is 4.79 Å². The molecule has 0 aromatic heterocycles. The second-order valence-electron chi connectivity index (χ2n) is 5.50. The van der Waals surface area contributed by atoms with Crippen LogP contribution in [0.1, 0.15) is 13.8 Å². The Kier molecular flexibility index (Phi) is 6.48. The van der Waals surface area contributed by atoms with Gasteiger partial charge in [-0.3, -0.25) is 4.90 Å². The molecular formula is C16H25N3O3. The molecule has 2 rings (SSSR count). The quantitative estimate of drug-likeness (QED) is 0.843. The lowest BCUT2D eigenvalue weighted by Gasteiger charge is -2.26. The van der Waals surface area contributed by atoms with Crippen LogP contribution in [-0.4, -0.2) is 56.4 Å². The van der Waals surface area contributed by atoms with E-state index in [0.29, 0.717) is 18.0 Å². The van der Waals surface area contributed by atoms with Crippen LogP contribution in [0.4, 0.5) is 10.5 Å². The summed E-state index contributed by atoms with van der Waals surface area (Å²) in [6, 6.07) is 7.23. The molecule has 122 valence electrons. The fraction of sp³-hybridized carbons (Fsp3) is 0.562. The number of nitrogens with zero attached hydrogens (tertiary/aromatic N) is 1. The smallest absolute Gasteiger partial charge is 0.319 e. The van der Waals surface area contributed by atoms with Gasteiger partial charge in [0.2, 0.25) is 0 Å². The average molecular weight is 307 g/mol. The van der Waals surface area contributed by atoms with Gasteiger partial charge in [0.15, 0.2) is 0 Å². The van der Waals surface area contributed by atoms with Gasteiger partial charge >= 0.3 is 6.03 Å². The molecule has 0 atom stereocenters. The summed E-state index contributed by atoms with van der Waals surface area (Å²) < 4.78 is 11.0. The van der Waals surface area contributed by atoms with Crippen molar-refractivity contribution in [2.24, 2.45) is 0 Å². The van der Waals surface area contributed by atoms with Crippen molar-refractivity contribution >= 4 is 11.7 Å². The molecule has 1 heterocycles. The molecule has 6 nitrogen and oxygen atoms in total. The first kappa shape index (κ1) is 16.6. The van der Waals surface area contributed by atoms with Crippen LogP contribution >= 0.6 is 0 Å². The van der Waals surface area contributed by atoms with Crippen molar-refractivity contribution in [3.63, 3.8) is 0 Å². The first-order valence-corrected chi connectivity index (χ1v) is 7.76. The Balaban J connectivity index is 1.76. The Labute approximate surface area is 131 Å². The van der Waals surface area contributed by atoms with Crippen LogP contribution < -0.4 is 15.4 Å². The van der Waals surface area contributed by atoms with E-state index in [2.05, 4.69) is 15.5 Å². The van der Waals surface area contributed by atoms with Crippen molar-refractivity contribution < 1.29 is 14.3 Å². The molecule has 1 aromatic carbocycles. The number of anilines is 1. The van der Waals surface area contributed by atoms with Gasteiger partial charge in [-0.1, -0.05) is 12.1 Å². The van der Waals surface area contributed by atoms with Crippen LogP contribution in [-0.2, 0) is 4.74 Å². The minimum atomic E-state index is -0.215. The highest BCUT2D eigenvalue weighted by atomic mass is 16.5. The zero-order valence-corrected chi connectivity index (χ0v) is 13.3. The van der Waals surface area contributed by atoms with E-state index < -0.39 is 0 Å². The van der Waals surface area contributed by atoms with E-state index in [9.17, 15) is 4.79 Å². The summed E-state index contributed by atoms with van der Waals surface area (Å²) in [5, 5.41) is 5.71. The molecule has 2 N–H and O–H groups in total. The molecule has 0 spiro atoms. The summed E-state index contributed by atoms with van der Waals surface area (Å²) in [5.74, 6) is 0.681. The summed E-state index contributed by atoms with van der Waals surface area (Å²) in [6.07, 6.45) is 0.0623. The van der Waals surface area contributed by atoms with E-state index in [0.717, 1.165) is 32.8 Å². The molecule has 0 bridgehead atoms. The number of rotatable bonds is 6. The predicted molar refractivity (Wildman–Crippen MR) is 86.5 cm³/mol. The minimum Gasteiger partial charge on any atom is -0.489 e. The van der Waals surface area contributed by atoms with Crippen molar-refractivity contribution in [3.05, 3.63) is 24.3 Å². The first-order chi connectivity index (χ1) is 10.6. The van der Waals surface area contributed by atoms with Gasteiger partial charge in [-0.05, 0) is 26.0 Å². The molecular weight excluding hydrogens is 282 g/mol. The summed E-state index contributed by atoms with van der Waals surface area (Å²) in [6.45, 7) is 8.75. The van der Waals surface area contributed by atoms with E-state index >= 15 is 0 Å². The van der Waals surface area contributed by atoms with Gasteiger partial charge in [-0.2, -0.15) is 0 Å². The fourth-order valence-corrected chi connectivity index (χ4v) is 2.25. The third-order valence-corrected chi connectivity index (χ3v) is 3.32. The van der Waals surface area contributed by atoms with Crippen LogP contribution in [0.5, 0.6) is 5.75 Å². The molecule has 0 radical (unpaired) electrons. The second-order valence-corrected chi connectivity index (χ2v) is 5.50. The van der Waals surface area contributed by atoms with Gasteiger partial charge in [0.05, 0.1) is 25.0 Å². The lowest BCUT2D eigenvalue weighted by Crippen LogP contribution is -2.42. The maximum atomic E-state index is 12.0. The predicted octanol–water partition coefficient (Wildman–Crippen LogP) is 1.93.